The van der Waals surface area contributed by atoms with Crippen LogP contribution in [0.5, 0.6) is 11.5 Å². The number of para-hydroxylation sites is 2. The molecule has 1 saturated heterocycles. The number of hydrogen-bond donors (Lipinski definition) is 1. The Labute approximate surface area is 249 Å². The van der Waals surface area contributed by atoms with E-state index in [1.165, 1.54) is 0 Å². The quantitative estimate of drug-likeness (QED) is 0.289. The standard InChI is InChI=1S/C36H30N2O5/c1-21-19-30-36(27-12-5-6-13-28(27)37-35(36)41)31(33(39)23-9-8-10-25(20-23)43-3)32(38(30)29-14-7-4-11-26(21)29)34(40)22-15-17-24(42-2)18-16-22/h4-20,30-32H,1-3H3,(H,37,41)/t30-,31-,32+,36-/m0/s1. The Bertz CT molecular complexity index is 1830. The normalized spacial score (nSPS) is 23.1. The van der Waals surface area contributed by atoms with Crippen LogP contribution < -0.4 is 19.7 Å². The zero-order valence-electron chi connectivity index (χ0n) is 24.0. The monoisotopic (exact) mass is 570 g/mol. The maximum Gasteiger partial charge on any atom is 0.238 e. The molecule has 3 aliphatic rings. The van der Waals surface area contributed by atoms with Crippen molar-refractivity contribution in [2.24, 2.45) is 5.92 Å². The number of methoxy groups -OCH3 is 2. The molecular weight excluding hydrogens is 540 g/mol. The minimum Gasteiger partial charge on any atom is -0.497 e. The van der Waals surface area contributed by atoms with E-state index in [0.29, 0.717) is 33.9 Å². The molecule has 43 heavy (non-hydrogen) atoms. The van der Waals surface area contributed by atoms with Crippen LogP contribution in [0.25, 0.3) is 5.57 Å². The molecule has 3 heterocycles. The number of Topliss-reactive ketones (excluding diaryl/α,β-unsaturated/α-hetero) is 2. The Morgan fingerprint density at radius 1 is 0.791 bits per heavy atom. The highest BCUT2D eigenvalue weighted by molar-refractivity contribution is 6.18. The van der Waals surface area contributed by atoms with Crippen LogP contribution in [0.1, 0.15) is 38.8 Å². The molecule has 1 amide bonds. The number of carbonyl (C=O) groups excluding carboxylic acids is 3. The molecule has 7 rings (SSSR count). The Kier molecular flexibility index (Phi) is 6.20. The molecule has 7 heteroatoms. The summed E-state index contributed by atoms with van der Waals surface area (Å²) in [7, 11) is 3.11. The first kappa shape index (κ1) is 26.7. The average Bonchev–Trinajstić information content (AvgIpc) is 3.52. The summed E-state index contributed by atoms with van der Waals surface area (Å²) in [5.74, 6) is -0.754. The highest BCUT2D eigenvalue weighted by Gasteiger charge is 2.70. The van der Waals surface area contributed by atoms with Crippen LogP contribution >= 0.6 is 0 Å². The van der Waals surface area contributed by atoms with Crippen LogP contribution in [-0.4, -0.2) is 43.8 Å². The Hall–Kier alpha value is -5.17. The maximum absolute atomic E-state index is 15.0. The predicted molar refractivity (Wildman–Crippen MR) is 165 cm³/mol. The lowest BCUT2D eigenvalue weighted by atomic mass is 9.64. The number of ether oxygens (including phenoxy) is 2. The first-order valence-electron chi connectivity index (χ1n) is 14.2. The van der Waals surface area contributed by atoms with Gasteiger partial charge in [-0.25, -0.2) is 0 Å². The molecule has 0 aromatic heterocycles. The van der Waals surface area contributed by atoms with E-state index in [2.05, 4.69) is 11.4 Å². The van der Waals surface area contributed by atoms with E-state index < -0.39 is 23.4 Å². The smallest absolute Gasteiger partial charge is 0.238 e. The predicted octanol–water partition coefficient (Wildman–Crippen LogP) is 5.95. The maximum atomic E-state index is 15.0. The van der Waals surface area contributed by atoms with Crippen LogP contribution in [0.15, 0.2) is 103 Å². The lowest BCUT2D eigenvalue weighted by Gasteiger charge is -2.39. The van der Waals surface area contributed by atoms with Crippen molar-refractivity contribution in [1.82, 2.24) is 0 Å². The summed E-state index contributed by atoms with van der Waals surface area (Å²) in [6, 6.07) is 27.6. The van der Waals surface area contributed by atoms with Gasteiger partial charge in [-0.05, 0) is 66.6 Å². The van der Waals surface area contributed by atoms with Crippen molar-refractivity contribution in [3.05, 3.63) is 125 Å². The minimum atomic E-state index is -1.38. The van der Waals surface area contributed by atoms with E-state index in [9.17, 15) is 14.4 Å². The summed E-state index contributed by atoms with van der Waals surface area (Å²) < 4.78 is 10.8. The molecular formula is C36H30N2O5. The Morgan fingerprint density at radius 2 is 1.51 bits per heavy atom. The number of amides is 1. The van der Waals surface area contributed by atoms with Crippen molar-refractivity contribution in [2.75, 3.05) is 24.4 Å². The van der Waals surface area contributed by atoms with Gasteiger partial charge in [0.15, 0.2) is 11.6 Å². The van der Waals surface area contributed by atoms with E-state index in [1.54, 1.807) is 62.8 Å². The Morgan fingerprint density at radius 3 is 2.28 bits per heavy atom. The summed E-state index contributed by atoms with van der Waals surface area (Å²) >= 11 is 0. The fourth-order valence-electron chi connectivity index (χ4n) is 7.27. The second-order valence-corrected chi connectivity index (χ2v) is 11.2. The van der Waals surface area contributed by atoms with Gasteiger partial charge in [0.25, 0.3) is 0 Å². The van der Waals surface area contributed by atoms with Crippen LogP contribution in [-0.2, 0) is 10.2 Å². The molecule has 0 unspecified atom stereocenters. The van der Waals surface area contributed by atoms with Crippen LogP contribution in [0.4, 0.5) is 11.4 Å². The van der Waals surface area contributed by atoms with Gasteiger partial charge in [-0.1, -0.05) is 54.6 Å². The lowest BCUT2D eigenvalue weighted by Crippen LogP contribution is -2.51. The van der Waals surface area contributed by atoms with E-state index in [0.717, 1.165) is 16.8 Å². The fourth-order valence-corrected chi connectivity index (χ4v) is 7.27. The summed E-state index contributed by atoms with van der Waals surface area (Å²) in [6.07, 6.45) is 2.05. The number of fused-ring (bicyclic) bond motifs is 6. The van der Waals surface area contributed by atoms with Crippen molar-refractivity contribution in [3.8, 4) is 11.5 Å². The lowest BCUT2D eigenvalue weighted by molar-refractivity contribution is -0.121. The van der Waals surface area contributed by atoms with E-state index in [1.807, 2.05) is 60.4 Å². The van der Waals surface area contributed by atoms with Gasteiger partial charge in [-0.3, -0.25) is 14.4 Å². The van der Waals surface area contributed by atoms with E-state index >= 15 is 0 Å². The van der Waals surface area contributed by atoms with Crippen molar-refractivity contribution in [1.29, 1.82) is 0 Å². The van der Waals surface area contributed by atoms with Gasteiger partial charge in [0.1, 0.15) is 23.0 Å². The molecule has 1 fully saturated rings. The van der Waals surface area contributed by atoms with E-state index in [-0.39, 0.29) is 17.5 Å². The third-order valence-corrected chi connectivity index (χ3v) is 9.16. The average molecular weight is 571 g/mol. The second-order valence-electron chi connectivity index (χ2n) is 11.2. The summed E-state index contributed by atoms with van der Waals surface area (Å²) in [5, 5.41) is 3.08. The van der Waals surface area contributed by atoms with Crippen molar-refractivity contribution >= 4 is 34.4 Å². The molecule has 214 valence electrons. The molecule has 0 aliphatic carbocycles. The number of anilines is 2. The number of rotatable bonds is 6. The first-order chi connectivity index (χ1) is 20.9. The van der Waals surface area contributed by atoms with Crippen LogP contribution in [0.3, 0.4) is 0 Å². The van der Waals surface area contributed by atoms with E-state index in [4.69, 9.17) is 9.47 Å². The number of allylic oxidation sites excluding steroid dienone is 1. The summed E-state index contributed by atoms with van der Waals surface area (Å²) in [5.41, 5.74) is 3.56. The molecule has 3 aliphatic heterocycles. The van der Waals surface area contributed by atoms with Gasteiger partial charge in [-0.15, -0.1) is 0 Å². The third-order valence-electron chi connectivity index (χ3n) is 9.16. The van der Waals surface area contributed by atoms with Crippen molar-refractivity contribution in [2.45, 2.75) is 24.4 Å². The summed E-state index contributed by atoms with van der Waals surface area (Å²) in [6.45, 7) is 2.01. The highest BCUT2D eigenvalue weighted by Crippen LogP contribution is 2.58. The van der Waals surface area contributed by atoms with Gasteiger partial charge < -0.3 is 19.7 Å². The van der Waals surface area contributed by atoms with Crippen molar-refractivity contribution in [3.63, 3.8) is 0 Å². The number of ketones is 2. The number of benzene rings is 4. The molecule has 7 nitrogen and oxygen atoms in total. The zero-order valence-corrected chi connectivity index (χ0v) is 24.0. The molecule has 1 spiro atoms. The van der Waals surface area contributed by atoms with Gasteiger partial charge in [-0.2, -0.15) is 0 Å². The number of hydrogen-bond acceptors (Lipinski definition) is 6. The molecule has 4 atom stereocenters. The molecule has 4 aromatic carbocycles. The number of nitrogens with zero attached hydrogens (tertiary/aromatic N) is 1. The minimum absolute atomic E-state index is 0.245. The molecule has 1 N–H and O–H groups in total. The van der Waals surface area contributed by atoms with Crippen molar-refractivity contribution < 1.29 is 23.9 Å². The van der Waals surface area contributed by atoms with Gasteiger partial charge in [0.2, 0.25) is 5.91 Å². The fraction of sp³-hybridized carbons (Fsp3) is 0.194. The number of carbonyl (C=O) groups is 3. The van der Waals surface area contributed by atoms with Crippen LogP contribution in [0, 0.1) is 5.92 Å². The Balaban J connectivity index is 1.53. The molecule has 0 radical (unpaired) electrons. The van der Waals surface area contributed by atoms with Crippen LogP contribution in [0.2, 0.25) is 0 Å². The topological polar surface area (TPSA) is 84.9 Å². The molecule has 0 bridgehead atoms. The second kappa shape index (κ2) is 9.98. The molecule has 0 saturated carbocycles. The largest absolute Gasteiger partial charge is 0.497 e. The number of nitrogens with one attached hydrogen (secondary N) is 1. The van der Waals surface area contributed by atoms with Gasteiger partial charge >= 0.3 is 0 Å². The first-order valence-corrected chi connectivity index (χ1v) is 14.2. The SMILES string of the molecule is COc1ccc(C(=O)[C@H]2[C@@H](C(=O)c3cccc(OC)c3)[C@@]3(C(=O)Nc4ccccc43)[C@@H]3C=C(C)c4ccccc4N32)cc1. The highest BCUT2D eigenvalue weighted by atomic mass is 16.5. The van der Waals surface area contributed by atoms with Gasteiger partial charge in [0.05, 0.1) is 26.2 Å². The molecule has 4 aromatic rings. The zero-order chi connectivity index (χ0) is 29.9. The summed E-state index contributed by atoms with van der Waals surface area (Å²) in [4.78, 5) is 46.3. The van der Waals surface area contributed by atoms with Gasteiger partial charge in [0, 0.05) is 28.1 Å². The third kappa shape index (κ3) is 3.77.